The van der Waals surface area contributed by atoms with Crippen LogP contribution in [-0.4, -0.2) is 47.9 Å². The summed E-state index contributed by atoms with van der Waals surface area (Å²) in [5.41, 5.74) is 0.891. The number of amides is 2. The summed E-state index contributed by atoms with van der Waals surface area (Å²) in [5, 5.41) is 3.15. The molecule has 1 aromatic rings. The van der Waals surface area contributed by atoms with Gasteiger partial charge in [-0.05, 0) is 30.9 Å². The molecule has 2 aliphatic rings. The van der Waals surface area contributed by atoms with Gasteiger partial charge in [0.15, 0.2) is 0 Å². The number of likely N-dealkylation sites (tertiary alicyclic amines) is 1. The van der Waals surface area contributed by atoms with Gasteiger partial charge >= 0.3 is 0 Å². The number of methoxy groups -OCH3 is 1. The number of rotatable bonds is 6. The van der Waals surface area contributed by atoms with Crippen molar-refractivity contribution in [3.8, 4) is 5.75 Å². The Morgan fingerprint density at radius 1 is 1.36 bits per heavy atom. The highest BCUT2D eigenvalue weighted by Gasteiger charge is 2.43. The SMILES string of the molecule is COc1cncc(CCC(=O)N2CC(NC(=O)C3CC3)C(C)(C)C2)c1. The van der Waals surface area contributed by atoms with E-state index in [1.54, 1.807) is 19.5 Å². The number of carbonyl (C=O) groups is 2. The minimum atomic E-state index is -0.0995. The molecule has 25 heavy (non-hydrogen) atoms. The summed E-state index contributed by atoms with van der Waals surface area (Å²) in [6, 6.07) is 1.94. The second kappa shape index (κ2) is 7.02. The third kappa shape index (κ3) is 4.30. The van der Waals surface area contributed by atoms with E-state index < -0.39 is 0 Å². The van der Waals surface area contributed by atoms with Gasteiger partial charge in [-0.15, -0.1) is 0 Å². The van der Waals surface area contributed by atoms with E-state index in [4.69, 9.17) is 4.74 Å². The Balaban J connectivity index is 1.54. The smallest absolute Gasteiger partial charge is 0.223 e. The lowest BCUT2D eigenvalue weighted by Crippen LogP contribution is -2.45. The molecule has 1 aliphatic carbocycles. The van der Waals surface area contributed by atoms with Crippen molar-refractivity contribution in [3.63, 3.8) is 0 Å². The van der Waals surface area contributed by atoms with Gasteiger partial charge in [0.2, 0.25) is 11.8 Å². The van der Waals surface area contributed by atoms with Gasteiger partial charge in [0.05, 0.1) is 19.3 Å². The molecule has 1 unspecified atom stereocenters. The normalized spacial score (nSPS) is 21.9. The Morgan fingerprint density at radius 3 is 2.80 bits per heavy atom. The molecule has 1 atom stereocenters. The van der Waals surface area contributed by atoms with Crippen LogP contribution in [0, 0.1) is 11.3 Å². The molecule has 1 N–H and O–H groups in total. The lowest BCUT2D eigenvalue weighted by Gasteiger charge is -2.26. The highest BCUT2D eigenvalue weighted by molar-refractivity contribution is 5.82. The van der Waals surface area contributed by atoms with Crippen LogP contribution in [0.5, 0.6) is 5.75 Å². The summed E-state index contributed by atoms with van der Waals surface area (Å²) in [4.78, 5) is 30.7. The average Bonchev–Trinajstić information content (AvgIpc) is 3.39. The third-order valence-corrected chi connectivity index (χ3v) is 5.20. The summed E-state index contributed by atoms with van der Waals surface area (Å²) < 4.78 is 5.17. The zero-order chi connectivity index (χ0) is 18.0. The third-order valence-electron chi connectivity index (χ3n) is 5.20. The average molecular weight is 345 g/mol. The predicted octanol–water partition coefficient (Wildman–Crippen LogP) is 1.79. The van der Waals surface area contributed by atoms with E-state index in [-0.39, 0.29) is 29.2 Å². The topological polar surface area (TPSA) is 71.5 Å². The van der Waals surface area contributed by atoms with E-state index >= 15 is 0 Å². The van der Waals surface area contributed by atoms with Crippen LogP contribution in [0.15, 0.2) is 18.5 Å². The number of ether oxygens (including phenoxy) is 1. The van der Waals surface area contributed by atoms with Crippen LogP contribution in [0.25, 0.3) is 0 Å². The van der Waals surface area contributed by atoms with Crippen molar-refractivity contribution in [1.82, 2.24) is 15.2 Å². The molecular formula is C19H27N3O3. The van der Waals surface area contributed by atoms with Crippen LogP contribution in [0.2, 0.25) is 0 Å². The maximum atomic E-state index is 12.6. The summed E-state index contributed by atoms with van der Waals surface area (Å²) >= 11 is 0. The zero-order valence-corrected chi connectivity index (χ0v) is 15.2. The van der Waals surface area contributed by atoms with E-state index in [0.717, 1.165) is 18.4 Å². The molecule has 0 spiro atoms. The van der Waals surface area contributed by atoms with Crippen LogP contribution in [0.1, 0.15) is 38.7 Å². The van der Waals surface area contributed by atoms with E-state index in [1.165, 1.54) is 0 Å². The van der Waals surface area contributed by atoms with Crippen molar-refractivity contribution < 1.29 is 14.3 Å². The number of carbonyl (C=O) groups excluding carboxylic acids is 2. The maximum absolute atomic E-state index is 12.6. The van der Waals surface area contributed by atoms with Crippen LogP contribution >= 0.6 is 0 Å². The Morgan fingerprint density at radius 2 is 2.12 bits per heavy atom. The van der Waals surface area contributed by atoms with Gasteiger partial charge in [0, 0.05) is 37.0 Å². The second-order valence-electron chi connectivity index (χ2n) is 7.83. The fraction of sp³-hybridized carbons (Fsp3) is 0.632. The molecule has 6 heteroatoms. The fourth-order valence-electron chi connectivity index (χ4n) is 3.32. The van der Waals surface area contributed by atoms with E-state index in [0.29, 0.717) is 31.7 Å². The van der Waals surface area contributed by atoms with Crippen molar-refractivity contribution in [1.29, 1.82) is 0 Å². The summed E-state index contributed by atoms with van der Waals surface area (Å²) in [6.45, 7) is 5.51. The first kappa shape index (κ1) is 17.7. The first-order valence-electron chi connectivity index (χ1n) is 8.95. The van der Waals surface area contributed by atoms with Crippen molar-refractivity contribution in [2.45, 2.75) is 45.6 Å². The summed E-state index contributed by atoms with van der Waals surface area (Å²) in [6.07, 6.45) is 6.49. The molecule has 0 aromatic carbocycles. The van der Waals surface area contributed by atoms with Crippen molar-refractivity contribution in [2.75, 3.05) is 20.2 Å². The summed E-state index contributed by atoms with van der Waals surface area (Å²) in [7, 11) is 1.61. The maximum Gasteiger partial charge on any atom is 0.223 e. The summed E-state index contributed by atoms with van der Waals surface area (Å²) in [5.74, 6) is 1.17. The van der Waals surface area contributed by atoms with Crippen molar-refractivity contribution in [3.05, 3.63) is 24.0 Å². The number of aromatic nitrogens is 1. The molecule has 1 saturated heterocycles. The molecular weight excluding hydrogens is 318 g/mol. The minimum absolute atomic E-state index is 0.0306. The number of hydrogen-bond acceptors (Lipinski definition) is 4. The molecule has 1 aromatic heterocycles. The Hall–Kier alpha value is -2.11. The number of nitrogens with one attached hydrogen (secondary N) is 1. The number of pyridine rings is 1. The first-order chi connectivity index (χ1) is 11.9. The van der Waals surface area contributed by atoms with Crippen LogP contribution in [-0.2, 0) is 16.0 Å². The highest BCUT2D eigenvalue weighted by atomic mass is 16.5. The second-order valence-corrected chi connectivity index (χ2v) is 7.83. The van der Waals surface area contributed by atoms with Crippen LogP contribution in [0.3, 0.4) is 0 Å². The fourth-order valence-corrected chi connectivity index (χ4v) is 3.32. The largest absolute Gasteiger partial charge is 0.495 e. The lowest BCUT2D eigenvalue weighted by molar-refractivity contribution is -0.130. The van der Waals surface area contributed by atoms with Gasteiger partial charge in [-0.2, -0.15) is 0 Å². The Labute approximate surface area is 148 Å². The van der Waals surface area contributed by atoms with Gasteiger partial charge in [-0.1, -0.05) is 13.8 Å². The molecule has 0 bridgehead atoms. The highest BCUT2D eigenvalue weighted by Crippen LogP contribution is 2.33. The molecule has 2 amide bonds. The van der Waals surface area contributed by atoms with E-state index in [1.807, 2.05) is 11.0 Å². The van der Waals surface area contributed by atoms with Gasteiger partial charge in [0.25, 0.3) is 0 Å². The quantitative estimate of drug-likeness (QED) is 0.853. The van der Waals surface area contributed by atoms with E-state index in [2.05, 4.69) is 24.1 Å². The first-order valence-corrected chi connectivity index (χ1v) is 8.95. The number of hydrogen-bond donors (Lipinski definition) is 1. The van der Waals surface area contributed by atoms with Gasteiger partial charge in [0.1, 0.15) is 5.75 Å². The van der Waals surface area contributed by atoms with Crippen LogP contribution in [0.4, 0.5) is 0 Å². The molecule has 2 heterocycles. The molecule has 1 saturated carbocycles. The number of nitrogens with zero attached hydrogens (tertiary/aromatic N) is 2. The van der Waals surface area contributed by atoms with Gasteiger partial charge in [-0.25, -0.2) is 0 Å². The predicted molar refractivity (Wildman–Crippen MR) is 94.1 cm³/mol. The van der Waals surface area contributed by atoms with Crippen molar-refractivity contribution in [2.24, 2.45) is 11.3 Å². The molecule has 6 nitrogen and oxygen atoms in total. The zero-order valence-electron chi connectivity index (χ0n) is 15.2. The molecule has 3 rings (SSSR count). The molecule has 2 fully saturated rings. The minimum Gasteiger partial charge on any atom is -0.495 e. The van der Waals surface area contributed by atoms with E-state index in [9.17, 15) is 9.59 Å². The monoisotopic (exact) mass is 345 g/mol. The molecule has 136 valence electrons. The van der Waals surface area contributed by atoms with Gasteiger partial charge in [-0.3, -0.25) is 14.6 Å². The molecule has 0 radical (unpaired) electrons. The van der Waals surface area contributed by atoms with Gasteiger partial charge < -0.3 is 15.0 Å². The standard InChI is InChI=1S/C19H27N3O3/c1-19(2)12-22(11-16(19)21-18(24)14-5-6-14)17(23)7-4-13-8-15(25-3)10-20-9-13/h8-10,14,16H,4-7,11-12H2,1-3H3,(H,21,24). The Kier molecular flexibility index (Phi) is 4.97. The Bertz CT molecular complexity index is 655. The van der Waals surface area contributed by atoms with Crippen LogP contribution < -0.4 is 10.1 Å². The number of aryl methyl sites for hydroxylation is 1. The van der Waals surface area contributed by atoms with Crippen molar-refractivity contribution >= 4 is 11.8 Å². The molecule has 1 aliphatic heterocycles. The lowest BCUT2D eigenvalue weighted by atomic mass is 9.88.